The highest BCUT2D eigenvalue weighted by Gasteiger charge is 2.35. The molecule has 0 spiro atoms. The van der Waals surface area contributed by atoms with Gasteiger partial charge in [0.1, 0.15) is 0 Å². The van der Waals surface area contributed by atoms with Gasteiger partial charge in [-0.3, -0.25) is 9.52 Å². The Morgan fingerprint density at radius 3 is 2.20 bits per heavy atom. The summed E-state index contributed by atoms with van der Waals surface area (Å²) in [7, 11) is 0. The van der Waals surface area contributed by atoms with E-state index in [1.807, 2.05) is 20.8 Å². The summed E-state index contributed by atoms with van der Waals surface area (Å²) in [6.07, 6.45) is 4.64. The quantitative estimate of drug-likeness (QED) is 0.347. The summed E-state index contributed by atoms with van der Waals surface area (Å²) in [6.45, 7) is 8.16. The van der Waals surface area contributed by atoms with Crippen LogP contribution in [-0.2, 0) is 14.3 Å². The molecule has 0 aromatic rings. The Balaban J connectivity index is 0.00000172. The molecular formula is C14H30N2O3S. The van der Waals surface area contributed by atoms with E-state index in [0.717, 1.165) is 25.7 Å². The van der Waals surface area contributed by atoms with Gasteiger partial charge in [0.15, 0.2) is 5.79 Å². The number of hydrogen-bond acceptors (Lipinski definition) is 5. The minimum Gasteiger partial charge on any atom is -0.354 e. The molecule has 0 saturated heterocycles. The molecule has 1 aliphatic carbocycles. The number of carbonyl (C=O) groups is 1. The first-order valence-corrected chi connectivity index (χ1v) is 8.09. The molecular weight excluding hydrogens is 276 g/mol. The van der Waals surface area contributed by atoms with Gasteiger partial charge in [0.05, 0.1) is 13.2 Å². The van der Waals surface area contributed by atoms with E-state index in [0.29, 0.717) is 32.7 Å². The second-order valence-electron chi connectivity index (χ2n) is 4.43. The monoisotopic (exact) mass is 306 g/mol. The average Bonchev–Trinajstić information content (AvgIpc) is 2.95. The number of carbonyl (C=O) groups excluding carboxylic acids is 1. The fraction of sp³-hybridized carbons (Fsp3) is 0.929. The first kappa shape index (κ1) is 19.7. The summed E-state index contributed by atoms with van der Waals surface area (Å²) in [4.78, 5) is 11.1. The van der Waals surface area contributed by atoms with Gasteiger partial charge in [-0.25, -0.2) is 0 Å². The number of ether oxygens (including phenoxy) is 2. The van der Waals surface area contributed by atoms with Crippen LogP contribution < -0.4 is 10.0 Å². The zero-order chi connectivity index (χ0) is 15.3. The van der Waals surface area contributed by atoms with E-state index < -0.39 is 5.79 Å². The van der Waals surface area contributed by atoms with Crippen molar-refractivity contribution in [1.82, 2.24) is 10.0 Å². The van der Waals surface area contributed by atoms with Crippen LogP contribution in [0.25, 0.3) is 0 Å². The molecule has 1 saturated carbocycles. The molecule has 1 rings (SSSR count). The summed E-state index contributed by atoms with van der Waals surface area (Å²) in [5.74, 6) is -0.388. The molecule has 0 unspecified atom stereocenters. The minimum atomic E-state index is -0.443. The number of nitrogens with one attached hydrogen (secondary N) is 2. The third-order valence-corrected chi connectivity index (χ3v) is 3.28. The van der Waals surface area contributed by atoms with Crippen LogP contribution in [-0.4, -0.2) is 38.0 Å². The largest absolute Gasteiger partial charge is 0.354 e. The van der Waals surface area contributed by atoms with Crippen LogP contribution in [0.2, 0.25) is 0 Å². The van der Waals surface area contributed by atoms with Crippen LogP contribution in [0.1, 0.15) is 52.9 Å². The molecule has 6 heteroatoms. The number of thiol groups is 1. The summed E-state index contributed by atoms with van der Waals surface area (Å²) in [5.41, 5.74) is 0. The van der Waals surface area contributed by atoms with Crippen molar-refractivity contribution in [1.29, 1.82) is 0 Å². The van der Waals surface area contributed by atoms with E-state index >= 15 is 0 Å². The summed E-state index contributed by atoms with van der Waals surface area (Å²) in [5, 5.41) is 2.80. The first-order chi connectivity index (χ1) is 9.72. The van der Waals surface area contributed by atoms with Crippen LogP contribution in [0.3, 0.4) is 0 Å². The predicted molar refractivity (Wildman–Crippen MR) is 84.7 cm³/mol. The van der Waals surface area contributed by atoms with Crippen LogP contribution in [0.4, 0.5) is 0 Å². The van der Waals surface area contributed by atoms with Gasteiger partial charge in [-0.2, -0.15) is 0 Å². The molecule has 0 heterocycles. The molecule has 0 bridgehead atoms. The summed E-state index contributed by atoms with van der Waals surface area (Å²) in [6, 6.07) is 0. The van der Waals surface area contributed by atoms with Crippen LogP contribution in [0.5, 0.6) is 0 Å². The maximum absolute atomic E-state index is 11.1. The van der Waals surface area contributed by atoms with Crippen molar-refractivity contribution in [3.05, 3.63) is 0 Å². The van der Waals surface area contributed by atoms with Gasteiger partial charge in [0.2, 0.25) is 5.91 Å². The van der Waals surface area contributed by atoms with E-state index in [1.54, 1.807) is 0 Å². The Morgan fingerprint density at radius 1 is 1.15 bits per heavy atom. The van der Waals surface area contributed by atoms with Gasteiger partial charge in [-0.1, -0.05) is 33.6 Å². The third kappa shape index (κ3) is 8.09. The highest BCUT2D eigenvalue weighted by molar-refractivity contribution is 7.78. The van der Waals surface area contributed by atoms with Gasteiger partial charge in [-0.05, 0) is 12.8 Å². The second-order valence-corrected chi connectivity index (χ2v) is 4.74. The van der Waals surface area contributed by atoms with Gasteiger partial charge in [0.25, 0.3) is 0 Å². The Labute approximate surface area is 128 Å². The molecule has 1 aliphatic rings. The Kier molecular flexibility index (Phi) is 12.3. The molecule has 20 heavy (non-hydrogen) atoms. The molecule has 2 N–H and O–H groups in total. The maximum atomic E-state index is 11.1. The lowest BCUT2D eigenvalue weighted by atomic mass is 10.2. The highest BCUT2D eigenvalue weighted by atomic mass is 32.1. The Bertz CT molecular complexity index is 247. The van der Waals surface area contributed by atoms with Crippen molar-refractivity contribution in [3.63, 3.8) is 0 Å². The molecule has 1 amide bonds. The maximum Gasteiger partial charge on any atom is 0.219 e. The third-order valence-electron chi connectivity index (χ3n) is 3.05. The van der Waals surface area contributed by atoms with E-state index in [-0.39, 0.29) is 5.91 Å². The van der Waals surface area contributed by atoms with Crippen molar-refractivity contribution in [2.75, 3.05) is 26.3 Å². The van der Waals surface area contributed by atoms with Crippen molar-refractivity contribution >= 4 is 18.7 Å². The normalized spacial score (nSPS) is 16.4. The van der Waals surface area contributed by atoms with E-state index in [9.17, 15) is 4.79 Å². The van der Waals surface area contributed by atoms with E-state index in [4.69, 9.17) is 9.47 Å². The van der Waals surface area contributed by atoms with Crippen molar-refractivity contribution < 1.29 is 14.3 Å². The van der Waals surface area contributed by atoms with E-state index in [2.05, 4.69) is 22.9 Å². The first-order valence-electron chi connectivity index (χ1n) is 7.64. The Morgan fingerprint density at radius 2 is 1.70 bits per heavy atom. The van der Waals surface area contributed by atoms with Crippen LogP contribution >= 0.6 is 12.8 Å². The fourth-order valence-electron chi connectivity index (χ4n) is 2.08. The lowest BCUT2D eigenvalue weighted by molar-refractivity contribution is -0.230. The van der Waals surface area contributed by atoms with Gasteiger partial charge in [0, 0.05) is 32.4 Å². The second kappa shape index (κ2) is 12.4. The predicted octanol–water partition coefficient (Wildman–Crippen LogP) is 2.28. The summed E-state index contributed by atoms with van der Waals surface area (Å²) >= 11 is 3.93. The topological polar surface area (TPSA) is 59.6 Å². The summed E-state index contributed by atoms with van der Waals surface area (Å²) < 4.78 is 14.4. The zero-order valence-electron chi connectivity index (χ0n) is 13.0. The molecule has 0 radical (unpaired) electrons. The fourth-order valence-corrected chi connectivity index (χ4v) is 2.17. The van der Waals surface area contributed by atoms with E-state index in [1.165, 1.54) is 0 Å². The molecule has 120 valence electrons. The molecule has 0 aromatic heterocycles. The zero-order valence-corrected chi connectivity index (χ0v) is 13.9. The number of rotatable bonds is 9. The molecule has 5 nitrogen and oxygen atoms in total. The number of amides is 1. The molecule has 0 atom stereocenters. The molecule has 0 aliphatic heterocycles. The van der Waals surface area contributed by atoms with Gasteiger partial charge in [-0.15, -0.1) is 0 Å². The van der Waals surface area contributed by atoms with Crippen molar-refractivity contribution in [2.45, 2.75) is 58.7 Å². The lowest BCUT2D eigenvalue weighted by Gasteiger charge is -2.29. The highest BCUT2D eigenvalue weighted by Crippen LogP contribution is 2.34. The van der Waals surface area contributed by atoms with Crippen molar-refractivity contribution in [3.8, 4) is 0 Å². The van der Waals surface area contributed by atoms with Crippen molar-refractivity contribution in [2.24, 2.45) is 0 Å². The smallest absolute Gasteiger partial charge is 0.219 e. The average molecular weight is 306 g/mol. The lowest BCUT2D eigenvalue weighted by Crippen LogP contribution is -2.37. The number of hydrogen-bond donors (Lipinski definition) is 3. The van der Waals surface area contributed by atoms with Crippen LogP contribution in [0, 0.1) is 0 Å². The standard InChI is InChI=1S/C12H24N2O3S.C2H6/c1-2-11(15)13-7-9-16-12(5-3-4-6-12)17-10-8-14-18;1-2/h14,18H,2-10H2,1H3,(H,13,15);1-2H3. The minimum absolute atomic E-state index is 0.0549. The van der Waals surface area contributed by atoms with Gasteiger partial charge >= 0.3 is 0 Å². The molecule has 0 aromatic carbocycles. The SMILES string of the molecule is CC.CCC(=O)NCCOC1(OCCNS)CCCC1. The Hall–Kier alpha value is -0.300. The molecule has 1 fully saturated rings. The van der Waals surface area contributed by atoms with Crippen LogP contribution in [0.15, 0.2) is 0 Å². The van der Waals surface area contributed by atoms with Gasteiger partial charge < -0.3 is 14.8 Å².